The molecule has 0 spiro atoms. The second-order valence-electron chi connectivity index (χ2n) is 7.62. The molecule has 24 heavy (non-hydrogen) atoms. The summed E-state index contributed by atoms with van der Waals surface area (Å²) >= 11 is 0. The summed E-state index contributed by atoms with van der Waals surface area (Å²) in [6.07, 6.45) is 5.27. The lowest BCUT2D eigenvalue weighted by Crippen LogP contribution is -2.50. The molecule has 0 aromatic carbocycles. The Morgan fingerprint density at radius 3 is 2.46 bits per heavy atom. The number of hydrogen-bond acceptors (Lipinski definition) is 3. The van der Waals surface area contributed by atoms with Gasteiger partial charge in [-0.25, -0.2) is 4.79 Å². The molecular weight excluding hydrogens is 304 g/mol. The Morgan fingerprint density at radius 2 is 1.92 bits per heavy atom. The third-order valence-electron chi connectivity index (χ3n) is 4.23. The third kappa shape index (κ3) is 8.41. The van der Waals surface area contributed by atoms with E-state index < -0.39 is 0 Å². The zero-order chi connectivity index (χ0) is 18.0. The van der Waals surface area contributed by atoms with Gasteiger partial charge in [0, 0.05) is 32.7 Å². The number of likely N-dealkylation sites (tertiary alicyclic amines) is 1. The maximum Gasteiger partial charge on any atom is 0.409 e. The van der Waals surface area contributed by atoms with Gasteiger partial charge in [0.2, 0.25) is 0 Å². The topological polar surface area (TPSA) is 66.0 Å². The molecule has 0 atom stereocenters. The molecule has 1 heterocycles. The number of nitrogens with one attached hydrogen (secondary N) is 2. The molecule has 0 unspecified atom stereocenters. The molecule has 0 aromatic heterocycles. The van der Waals surface area contributed by atoms with Crippen LogP contribution in [0.2, 0.25) is 0 Å². The molecule has 2 N–H and O–H groups in total. The van der Waals surface area contributed by atoms with Gasteiger partial charge in [-0.05, 0) is 38.0 Å². The molecule has 0 bridgehead atoms. The first-order valence-electron chi connectivity index (χ1n) is 9.24. The Balaban J connectivity index is 2.21. The van der Waals surface area contributed by atoms with Gasteiger partial charge in [0.1, 0.15) is 0 Å². The molecule has 0 saturated carbocycles. The Bertz CT molecular complexity index is 396. The highest BCUT2D eigenvalue weighted by Crippen LogP contribution is 2.21. The minimum atomic E-state index is -0.197. The van der Waals surface area contributed by atoms with E-state index in [0.717, 1.165) is 44.9 Å². The Kier molecular flexibility index (Phi) is 8.93. The number of carbonyl (C=O) groups is 1. The minimum Gasteiger partial charge on any atom is -0.450 e. The fraction of sp³-hybridized carbons (Fsp3) is 0.889. The second kappa shape index (κ2) is 10.4. The molecule has 1 fully saturated rings. The normalized spacial score (nSPS) is 16.9. The van der Waals surface area contributed by atoms with Crippen LogP contribution in [-0.2, 0) is 4.74 Å². The van der Waals surface area contributed by atoms with Crippen molar-refractivity contribution >= 4 is 12.1 Å². The van der Waals surface area contributed by atoms with Gasteiger partial charge < -0.3 is 20.3 Å². The summed E-state index contributed by atoms with van der Waals surface area (Å²) in [7, 11) is 1.80. The largest absolute Gasteiger partial charge is 0.450 e. The summed E-state index contributed by atoms with van der Waals surface area (Å²) in [5.41, 5.74) is 0.410. The average Bonchev–Trinajstić information content (AvgIpc) is 2.53. The molecule has 6 nitrogen and oxygen atoms in total. The quantitative estimate of drug-likeness (QED) is 0.443. The highest BCUT2D eigenvalue weighted by Gasteiger charge is 2.23. The van der Waals surface area contributed by atoms with E-state index in [0.29, 0.717) is 18.1 Å². The van der Waals surface area contributed by atoms with Gasteiger partial charge in [0.25, 0.3) is 0 Å². The summed E-state index contributed by atoms with van der Waals surface area (Å²) in [6.45, 7) is 11.5. The number of unbranched alkanes of at least 4 members (excludes halogenated alkanes) is 1. The van der Waals surface area contributed by atoms with Crippen LogP contribution < -0.4 is 10.6 Å². The molecule has 1 aliphatic rings. The van der Waals surface area contributed by atoms with Crippen LogP contribution in [0.25, 0.3) is 0 Å². The van der Waals surface area contributed by atoms with E-state index in [1.54, 1.807) is 11.9 Å². The first kappa shape index (κ1) is 20.6. The Hall–Kier alpha value is -1.46. The van der Waals surface area contributed by atoms with Gasteiger partial charge in [0.15, 0.2) is 5.96 Å². The van der Waals surface area contributed by atoms with Gasteiger partial charge in [-0.15, -0.1) is 0 Å². The van der Waals surface area contributed by atoms with Crippen molar-refractivity contribution in [3.8, 4) is 0 Å². The van der Waals surface area contributed by atoms with Crippen LogP contribution in [0.4, 0.5) is 4.79 Å². The first-order chi connectivity index (χ1) is 11.4. The predicted octanol–water partition coefficient (Wildman–Crippen LogP) is 2.99. The molecule has 6 heteroatoms. The van der Waals surface area contributed by atoms with Crippen LogP contribution >= 0.6 is 0 Å². The van der Waals surface area contributed by atoms with Crippen LogP contribution in [0.1, 0.15) is 59.8 Å². The number of nitrogens with zero attached hydrogens (tertiary/aromatic N) is 2. The van der Waals surface area contributed by atoms with Gasteiger partial charge in [-0.1, -0.05) is 27.2 Å². The third-order valence-corrected chi connectivity index (χ3v) is 4.23. The minimum absolute atomic E-state index is 0.197. The fourth-order valence-electron chi connectivity index (χ4n) is 2.80. The van der Waals surface area contributed by atoms with Crippen LogP contribution in [0.3, 0.4) is 0 Å². The number of aliphatic imine (C=N–C) groups is 1. The number of guanidine groups is 1. The summed E-state index contributed by atoms with van der Waals surface area (Å²) in [5.74, 6) is 0.861. The maximum absolute atomic E-state index is 11.7. The van der Waals surface area contributed by atoms with E-state index in [1.807, 2.05) is 6.92 Å². The van der Waals surface area contributed by atoms with Gasteiger partial charge in [-0.2, -0.15) is 0 Å². The zero-order valence-corrected chi connectivity index (χ0v) is 16.2. The standard InChI is InChI=1S/C18H36N4O2/c1-6-24-17(23)22-13-9-15(10-14-22)21-16(19-5)20-12-8-7-11-18(2,3)4/h15H,6-14H2,1-5H3,(H2,19,20,21). The van der Waals surface area contributed by atoms with Crippen molar-refractivity contribution < 1.29 is 9.53 Å². The monoisotopic (exact) mass is 340 g/mol. The number of amides is 1. The molecule has 0 aromatic rings. The average molecular weight is 341 g/mol. The van der Waals surface area contributed by atoms with Crippen molar-refractivity contribution in [2.75, 3.05) is 33.3 Å². The van der Waals surface area contributed by atoms with Crippen molar-refractivity contribution in [1.29, 1.82) is 0 Å². The highest BCUT2D eigenvalue weighted by atomic mass is 16.6. The lowest BCUT2D eigenvalue weighted by Gasteiger charge is -2.32. The van der Waals surface area contributed by atoms with Crippen LogP contribution in [0, 0.1) is 5.41 Å². The lowest BCUT2D eigenvalue weighted by molar-refractivity contribution is 0.0963. The molecule has 1 aliphatic heterocycles. The lowest BCUT2D eigenvalue weighted by atomic mass is 9.90. The van der Waals surface area contributed by atoms with Crippen molar-refractivity contribution in [1.82, 2.24) is 15.5 Å². The molecular formula is C18H36N4O2. The smallest absolute Gasteiger partial charge is 0.409 e. The number of piperidine rings is 1. The van der Waals surface area contributed by atoms with Gasteiger partial charge >= 0.3 is 6.09 Å². The number of carbonyl (C=O) groups excluding carboxylic acids is 1. The molecule has 1 rings (SSSR count). The van der Waals surface area contributed by atoms with Gasteiger partial charge in [0.05, 0.1) is 6.61 Å². The first-order valence-corrected chi connectivity index (χ1v) is 9.24. The summed E-state index contributed by atoms with van der Waals surface area (Å²) in [4.78, 5) is 17.8. The van der Waals surface area contributed by atoms with Crippen LogP contribution in [-0.4, -0.2) is 56.3 Å². The second-order valence-corrected chi connectivity index (χ2v) is 7.62. The molecule has 140 valence electrons. The zero-order valence-electron chi connectivity index (χ0n) is 16.2. The van der Waals surface area contributed by atoms with Gasteiger partial charge in [-0.3, -0.25) is 4.99 Å². The maximum atomic E-state index is 11.7. The van der Waals surface area contributed by atoms with Crippen LogP contribution in [0.15, 0.2) is 4.99 Å². The Morgan fingerprint density at radius 1 is 1.25 bits per heavy atom. The van der Waals surface area contributed by atoms with Crippen molar-refractivity contribution in [2.45, 2.75) is 65.8 Å². The van der Waals surface area contributed by atoms with E-state index in [4.69, 9.17) is 4.74 Å². The van der Waals surface area contributed by atoms with E-state index in [2.05, 4.69) is 36.4 Å². The number of hydrogen-bond donors (Lipinski definition) is 2. The van der Waals surface area contributed by atoms with E-state index in [-0.39, 0.29) is 6.09 Å². The van der Waals surface area contributed by atoms with E-state index in [9.17, 15) is 4.79 Å². The predicted molar refractivity (Wildman–Crippen MR) is 99.4 cm³/mol. The summed E-state index contributed by atoms with van der Waals surface area (Å²) in [5, 5.41) is 6.86. The van der Waals surface area contributed by atoms with Crippen molar-refractivity contribution in [2.24, 2.45) is 10.4 Å². The van der Waals surface area contributed by atoms with Crippen molar-refractivity contribution in [3.63, 3.8) is 0 Å². The number of rotatable bonds is 6. The summed E-state index contributed by atoms with van der Waals surface area (Å²) < 4.78 is 5.05. The highest BCUT2D eigenvalue weighted by molar-refractivity contribution is 5.80. The van der Waals surface area contributed by atoms with E-state index >= 15 is 0 Å². The summed E-state index contributed by atoms with van der Waals surface area (Å²) in [6, 6.07) is 0.358. The Labute approximate surface area is 147 Å². The molecule has 1 amide bonds. The molecule has 0 radical (unpaired) electrons. The van der Waals surface area contributed by atoms with Crippen molar-refractivity contribution in [3.05, 3.63) is 0 Å². The van der Waals surface area contributed by atoms with Crippen LogP contribution in [0.5, 0.6) is 0 Å². The molecule has 0 aliphatic carbocycles. The molecule has 1 saturated heterocycles. The SMILES string of the molecule is CCOC(=O)N1CCC(NC(=NC)NCCCCC(C)(C)C)CC1. The number of ether oxygens (including phenoxy) is 1. The fourth-order valence-corrected chi connectivity index (χ4v) is 2.80. The van der Waals surface area contributed by atoms with E-state index in [1.165, 1.54) is 12.8 Å².